The summed E-state index contributed by atoms with van der Waals surface area (Å²) in [7, 11) is 0. The topological polar surface area (TPSA) is 9.23 Å². The summed E-state index contributed by atoms with van der Waals surface area (Å²) in [5.41, 5.74) is 0. The van der Waals surface area contributed by atoms with E-state index in [2.05, 4.69) is 13.8 Å². The van der Waals surface area contributed by atoms with Crippen molar-refractivity contribution in [2.45, 2.75) is 46.0 Å². The van der Waals surface area contributed by atoms with Crippen molar-refractivity contribution in [3.8, 4) is 5.75 Å². The molecule has 102 valence electrons. The predicted octanol–water partition coefficient (Wildman–Crippen LogP) is 5.98. The minimum absolute atomic E-state index is 0.549. The smallest absolute Gasteiger partial charge is 0.120 e. The van der Waals surface area contributed by atoms with E-state index in [4.69, 9.17) is 27.9 Å². The second-order valence-corrected chi connectivity index (χ2v) is 5.47. The summed E-state index contributed by atoms with van der Waals surface area (Å²) in [6.45, 7) is 5.23. The van der Waals surface area contributed by atoms with Crippen molar-refractivity contribution in [1.82, 2.24) is 0 Å². The van der Waals surface area contributed by atoms with Crippen LogP contribution in [0, 0.1) is 5.92 Å². The lowest BCUT2D eigenvalue weighted by Gasteiger charge is -2.15. The summed E-state index contributed by atoms with van der Waals surface area (Å²) in [5.74, 6) is 1.58. The van der Waals surface area contributed by atoms with Crippen LogP contribution in [0.25, 0.3) is 0 Å². The molecule has 0 saturated heterocycles. The molecule has 0 unspecified atom stereocenters. The summed E-state index contributed by atoms with van der Waals surface area (Å²) >= 11 is 11.8. The standard InChI is InChI=1S/C15H22Cl2O/c1-3-5-12(6-4-2)9-10-18-13-7-8-14(16)15(17)11-13/h7-8,11-12H,3-6,9-10H2,1-2H3. The monoisotopic (exact) mass is 288 g/mol. The molecule has 1 rings (SSSR count). The van der Waals surface area contributed by atoms with Crippen molar-refractivity contribution in [2.24, 2.45) is 5.92 Å². The molecule has 0 aliphatic carbocycles. The van der Waals surface area contributed by atoms with Crippen LogP contribution in [-0.4, -0.2) is 6.61 Å². The Morgan fingerprint density at radius 2 is 1.67 bits per heavy atom. The van der Waals surface area contributed by atoms with Gasteiger partial charge in [-0.1, -0.05) is 62.7 Å². The van der Waals surface area contributed by atoms with E-state index in [1.165, 1.54) is 25.7 Å². The zero-order valence-electron chi connectivity index (χ0n) is 11.2. The maximum atomic E-state index is 5.94. The molecule has 0 aliphatic rings. The molecule has 1 aromatic rings. The Kier molecular flexibility index (Phi) is 7.53. The van der Waals surface area contributed by atoms with Crippen LogP contribution in [0.4, 0.5) is 0 Å². The SMILES string of the molecule is CCCC(CCC)CCOc1ccc(Cl)c(Cl)c1. The van der Waals surface area contributed by atoms with E-state index >= 15 is 0 Å². The van der Waals surface area contributed by atoms with Gasteiger partial charge in [0.1, 0.15) is 5.75 Å². The molecular weight excluding hydrogens is 267 g/mol. The molecule has 0 atom stereocenters. The van der Waals surface area contributed by atoms with Crippen LogP contribution in [0.15, 0.2) is 18.2 Å². The highest BCUT2D eigenvalue weighted by Gasteiger charge is 2.07. The largest absolute Gasteiger partial charge is 0.494 e. The Hall–Kier alpha value is -0.400. The van der Waals surface area contributed by atoms with Crippen LogP contribution >= 0.6 is 23.2 Å². The van der Waals surface area contributed by atoms with Crippen molar-refractivity contribution < 1.29 is 4.74 Å². The molecule has 18 heavy (non-hydrogen) atoms. The van der Waals surface area contributed by atoms with Crippen molar-refractivity contribution >= 4 is 23.2 Å². The van der Waals surface area contributed by atoms with Gasteiger partial charge in [0.25, 0.3) is 0 Å². The maximum Gasteiger partial charge on any atom is 0.120 e. The van der Waals surface area contributed by atoms with Crippen LogP contribution in [0.5, 0.6) is 5.75 Å². The number of hydrogen-bond donors (Lipinski definition) is 0. The molecule has 0 radical (unpaired) electrons. The lowest BCUT2D eigenvalue weighted by molar-refractivity contribution is 0.264. The summed E-state index contributed by atoms with van der Waals surface area (Å²) in [6, 6.07) is 5.41. The first-order valence-corrected chi connectivity index (χ1v) is 7.50. The van der Waals surface area contributed by atoms with Crippen LogP contribution in [0.3, 0.4) is 0 Å². The molecule has 0 aliphatic heterocycles. The van der Waals surface area contributed by atoms with Crippen LogP contribution < -0.4 is 4.74 Å². The molecule has 0 heterocycles. The van der Waals surface area contributed by atoms with Gasteiger partial charge < -0.3 is 4.74 Å². The van der Waals surface area contributed by atoms with Crippen molar-refractivity contribution in [1.29, 1.82) is 0 Å². The Labute approximate surface area is 120 Å². The number of ether oxygens (including phenoxy) is 1. The normalized spacial score (nSPS) is 10.9. The Morgan fingerprint density at radius 3 is 2.22 bits per heavy atom. The molecule has 0 saturated carbocycles. The zero-order valence-corrected chi connectivity index (χ0v) is 12.7. The fourth-order valence-corrected chi connectivity index (χ4v) is 2.45. The van der Waals surface area contributed by atoms with Crippen LogP contribution in [0.2, 0.25) is 10.0 Å². The molecule has 0 N–H and O–H groups in total. The van der Waals surface area contributed by atoms with Gasteiger partial charge in [0, 0.05) is 6.07 Å². The summed E-state index contributed by atoms with van der Waals surface area (Å²) in [5, 5.41) is 1.12. The van der Waals surface area contributed by atoms with Gasteiger partial charge in [-0.3, -0.25) is 0 Å². The van der Waals surface area contributed by atoms with Gasteiger partial charge in [0.05, 0.1) is 16.7 Å². The minimum atomic E-state index is 0.549. The van der Waals surface area contributed by atoms with Gasteiger partial charge in [-0.05, 0) is 24.5 Å². The highest BCUT2D eigenvalue weighted by Crippen LogP contribution is 2.26. The highest BCUT2D eigenvalue weighted by molar-refractivity contribution is 6.42. The first-order chi connectivity index (χ1) is 8.67. The molecule has 1 aromatic carbocycles. The molecule has 1 nitrogen and oxygen atoms in total. The van der Waals surface area contributed by atoms with Gasteiger partial charge in [-0.25, -0.2) is 0 Å². The van der Waals surface area contributed by atoms with Gasteiger partial charge in [-0.2, -0.15) is 0 Å². The molecule has 0 fully saturated rings. The highest BCUT2D eigenvalue weighted by atomic mass is 35.5. The maximum absolute atomic E-state index is 5.94. The van der Waals surface area contributed by atoms with E-state index in [1.54, 1.807) is 12.1 Å². The predicted molar refractivity (Wildman–Crippen MR) is 79.9 cm³/mol. The van der Waals surface area contributed by atoms with Crippen molar-refractivity contribution in [3.05, 3.63) is 28.2 Å². The van der Waals surface area contributed by atoms with Gasteiger partial charge >= 0.3 is 0 Å². The number of hydrogen-bond acceptors (Lipinski definition) is 1. The fraction of sp³-hybridized carbons (Fsp3) is 0.600. The van der Waals surface area contributed by atoms with E-state index in [1.807, 2.05) is 6.07 Å². The minimum Gasteiger partial charge on any atom is -0.494 e. The van der Waals surface area contributed by atoms with E-state index < -0.39 is 0 Å². The average Bonchev–Trinajstić information content (AvgIpc) is 2.34. The summed E-state index contributed by atoms with van der Waals surface area (Å²) < 4.78 is 5.72. The third-order valence-corrected chi connectivity index (χ3v) is 3.82. The first-order valence-electron chi connectivity index (χ1n) is 6.75. The van der Waals surface area contributed by atoms with Crippen LogP contribution in [-0.2, 0) is 0 Å². The van der Waals surface area contributed by atoms with Gasteiger partial charge in [0.2, 0.25) is 0 Å². The van der Waals surface area contributed by atoms with Crippen molar-refractivity contribution in [2.75, 3.05) is 6.61 Å². The Balaban J connectivity index is 2.37. The second-order valence-electron chi connectivity index (χ2n) is 4.66. The molecule has 3 heteroatoms. The molecular formula is C15H22Cl2O. The lowest BCUT2D eigenvalue weighted by atomic mass is 9.95. The molecule has 0 spiro atoms. The third kappa shape index (κ3) is 5.49. The van der Waals surface area contributed by atoms with E-state index in [0.717, 1.165) is 24.7 Å². The van der Waals surface area contributed by atoms with E-state index in [9.17, 15) is 0 Å². The quantitative estimate of drug-likeness (QED) is 0.572. The van der Waals surface area contributed by atoms with Gasteiger partial charge in [-0.15, -0.1) is 0 Å². The molecule has 0 aromatic heterocycles. The molecule has 0 amide bonds. The zero-order chi connectivity index (χ0) is 13.4. The average molecular weight is 289 g/mol. The number of halogens is 2. The third-order valence-electron chi connectivity index (χ3n) is 3.08. The summed E-state index contributed by atoms with van der Waals surface area (Å²) in [6.07, 6.45) is 6.19. The second kappa shape index (κ2) is 8.66. The van der Waals surface area contributed by atoms with E-state index in [-0.39, 0.29) is 0 Å². The number of benzene rings is 1. The summed E-state index contributed by atoms with van der Waals surface area (Å²) in [4.78, 5) is 0. The Morgan fingerprint density at radius 1 is 1.00 bits per heavy atom. The number of rotatable bonds is 8. The fourth-order valence-electron chi connectivity index (χ4n) is 2.16. The van der Waals surface area contributed by atoms with E-state index in [0.29, 0.717) is 10.0 Å². The van der Waals surface area contributed by atoms with Gasteiger partial charge in [0.15, 0.2) is 0 Å². The molecule has 0 bridgehead atoms. The van der Waals surface area contributed by atoms with Crippen molar-refractivity contribution in [3.63, 3.8) is 0 Å². The Bertz CT molecular complexity index is 346. The lowest BCUT2D eigenvalue weighted by Crippen LogP contribution is -2.07. The van der Waals surface area contributed by atoms with Crippen LogP contribution in [0.1, 0.15) is 46.0 Å². The first kappa shape index (κ1) is 15.7.